The van der Waals surface area contributed by atoms with Crippen molar-refractivity contribution in [3.8, 4) is 64.0 Å². The van der Waals surface area contributed by atoms with Crippen molar-refractivity contribution in [2.75, 3.05) is 0 Å². The van der Waals surface area contributed by atoms with E-state index in [1.54, 1.807) is 22.3 Å². The zero-order chi connectivity index (χ0) is 38.7. The van der Waals surface area contributed by atoms with Crippen LogP contribution in [0.15, 0.2) is 121 Å². The first kappa shape index (κ1) is 34.5. The molecule has 4 heteroatoms. The largest absolute Gasteiger partial charge is 0.141 e. The van der Waals surface area contributed by atoms with Crippen LogP contribution in [0.5, 0.6) is 0 Å². The minimum atomic E-state index is 0.0425. The van der Waals surface area contributed by atoms with Gasteiger partial charge in [0.25, 0.3) is 0 Å². The van der Waals surface area contributed by atoms with Crippen molar-refractivity contribution in [3.63, 3.8) is 0 Å². The third kappa shape index (κ3) is 4.50. The van der Waals surface area contributed by atoms with E-state index in [0.717, 1.165) is 0 Å². The quantitative estimate of drug-likeness (QED) is 0.166. The fourth-order valence-electron chi connectivity index (χ4n) is 13.4. The standard InChI is InChI=1S/C54H44S4/c1-29-5-17-49(55-29)33-9-13-41-42-14-10-34(50-18-6-30(2)56-50)22-46(42)53(45(41)21-33)37-25-39-27-38(53)28-40(26-37)54(39)47-23-35(51-19-7-31(3)57-51)11-15-43(47)44-16-12-36(24-48(44)54)52-20-8-32(4)58-52/h5-24,37-40H,25-28H2,1-4H3. The number of thiophene rings is 4. The Morgan fingerprint density at radius 2 is 0.569 bits per heavy atom. The molecule has 0 atom stereocenters. The second-order valence-electron chi connectivity index (χ2n) is 18.2. The van der Waals surface area contributed by atoms with Crippen LogP contribution in [0, 0.1) is 51.4 Å². The van der Waals surface area contributed by atoms with Gasteiger partial charge >= 0.3 is 0 Å². The molecule has 4 aromatic heterocycles. The lowest BCUT2D eigenvalue weighted by molar-refractivity contribution is -0.0859. The molecule has 0 nitrogen and oxygen atoms in total. The Kier molecular flexibility index (Phi) is 7.22. The molecule has 6 aliphatic carbocycles. The number of benzene rings is 4. The van der Waals surface area contributed by atoms with Gasteiger partial charge in [-0.05, 0) is 217 Å². The third-order valence-corrected chi connectivity index (χ3v) is 19.6. The van der Waals surface area contributed by atoms with Crippen molar-refractivity contribution >= 4 is 45.3 Å². The second-order valence-corrected chi connectivity index (χ2v) is 23.3. The van der Waals surface area contributed by atoms with Crippen molar-refractivity contribution in [2.45, 2.75) is 64.2 Å². The molecule has 284 valence electrons. The average molecular weight is 821 g/mol. The van der Waals surface area contributed by atoms with Crippen LogP contribution in [0.2, 0.25) is 0 Å². The smallest absolute Gasteiger partial charge is 0.0345 e. The van der Waals surface area contributed by atoms with Crippen LogP contribution in [0.25, 0.3) is 64.0 Å². The molecule has 2 spiro atoms. The van der Waals surface area contributed by atoms with Crippen LogP contribution in [0.1, 0.15) is 67.4 Å². The zero-order valence-corrected chi connectivity index (χ0v) is 36.6. The van der Waals surface area contributed by atoms with Gasteiger partial charge in [-0.15, -0.1) is 45.3 Å². The molecule has 14 rings (SSSR count). The minimum absolute atomic E-state index is 0.0425. The average Bonchev–Trinajstić information content (AvgIpc) is 4.10. The van der Waals surface area contributed by atoms with Gasteiger partial charge in [0, 0.05) is 49.8 Å². The molecule has 4 heterocycles. The molecular weight excluding hydrogens is 777 g/mol. The van der Waals surface area contributed by atoms with Gasteiger partial charge < -0.3 is 0 Å². The molecule has 4 saturated carbocycles. The van der Waals surface area contributed by atoms with Gasteiger partial charge in [0.05, 0.1) is 0 Å². The first-order valence-electron chi connectivity index (χ1n) is 21.1. The summed E-state index contributed by atoms with van der Waals surface area (Å²) >= 11 is 7.76. The lowest BCUT2D eigenvalue weighted by atomic mass is 9.35. The molecule has 8 aromatic rings. The molecule has 4 bridgehead atoms. The van der Waals surface area contributed by atoms with Crippen LogP contribution >= 0.6 is 45.3 Å². The van der Waals surface area contributed by atoms with Gasteiger partial charge in [0.2, 0.25) is 0 Å². The van der Waals surface area contributed by atoms with E-state index in [0.29, 0.717) is 23.7 Å². The summed E-state index contributed by atoms with van der Waals surface area (Å²) in [6.45, 7) is 8.98. The van der Waals surface area contributed by atoms with Gasteiger partial charge in [-0.25, -0.2) is 0 Å². The van der Waals surface area contributed by atoms with E-state index in [4.69, 9.17) is 0 Å². The molecular formula is C54H44S4. The second kappa shape index (κ2) is 12.1. The van der Waals surface area contributed by atoms with Crippen LogP contribution in [-0.4, -0.2) is 0 Å². The summed E-state index contributed by atoms with van der Waals surface area (Å²) in [6.07, 6.45) is 5.11. The van der Waals surface area contributed by atoms with Gasteiger partial charge in [-0.1, -0.05) is 48.5 Å². The SMILES string of the molecule is Cc1ccc(-c2ccc3c(c2)C2(c4cc(-c5ccc(C)s5)ccc4-3)C3CC4CC2CC(C3)C42c3cc(-c4ccc(C)s4)ccc3-c3ccc(-c4ccc(C)s4)cc32)s1. The summed E-state index contributed by atoms with van der Waals surface area (Å²) < 4.78 is 0. The van der Waals surface area contributed by atoms with Crippen LogP contribution < -0.4 is 0 Å². The normalized spacial score (nSPS) is 22.1. The maximum Gasteiger partial charge on any atom is 0.0345 e. The van der Waals surface area contributed by atoms with Crippen molar-refractivity contribution in [2.24, 2.45) is 23.7 Å². The summed E-state index contributed by atoms with van der Waals surface area (Å²) in [5.41, 5.74) is 18.2. The molecule has 0 N–H and O–H groups in total. The Hall–Kier alpha value is -4.32. The van der Waals surface area contributed by atoms with Crippen molar-refractivity contribution in [3.05, 3.63) is 163 Å². The van der Waals surface area contributed by atoms with E-state index in [2.05, 4.69) is 149 Å². The molecule has 58 heavy (non-hydrogen) atoms. The Morgan fingerprint density at radius 1 is 0.328 bits per heavy atom. The lowest BCUT2D eigenvalue weighted by Gasteiger charge is -2.67. The Labute approximate surface area is 357 Å². The Morgan fingerprint density at radius 3 is 0.776 bits per heavy atom. The number of hydrogen-bond acceptors (Lipinski definition) is 4. The molecule has 6 aliphatic rings. The maximum atomic E-state index is 2.67. The predicted molar refractivity (Wildman–Crippen MR) is 250 cm³/mol. The van der Waals surface area contributed by atoms with Gasteiger partial charge in [-0.2, -0.15) is 0 Å². The van der Waals surface area contributed by atoms with E-state index < -0.39 is 0 Å². The topological polar surface area (TPSA) is 0 Å². The van der Waals surface area contributed by atoms with Gasteiger partial charge in [0.15, 0.2) is 0 Å². The molecule has 4 aromatic carbocycles. The third-order valence-electron chi connectivity index (χ3n) is 15.4. The minimum Gasteiger partial charge on any atom is -0.141 e. The highest BCUT2D eigenvalue weighted by Gasteiger charge is 2.70. The highest BCUT2D eigenvalue weighted by atomic mass is 32.1. The first-order valence-corrected chi connectivity index (χ1v) is 24.4. The number of fused-ring (bicyclic) bond motifs is 6. The number of hydrogen-bond donors (Lipinski definition) is 0. The van der Waals surface area contributed by atoms with Crippen LogP contribution in [0.4, 0.5) is 0 Å². The highest BCUT2D eigenvalue weighted by Crippen LogP contribution is 2.76. The first-order chi connectivity index (χ1) is 28.3. The molecule has 0 radical (unpaired) electrons. The van der Waals surface area contributed by atoms with Gasteiger partial charge in [-0.3, -0.25) is 0 Å². The summed E-state index contributed by atoms with van der Waals surface area (Å²) in [5.74, 6) is 2.44. The summed E-state index contributed by atoms with van der Waals surface area (Å²) in [6, 6.07) is 48.9. The van der Waals surface area contributed by atoms with E-state index in [1.807, 2.05) is 45.3 Å². The number of rotatable bonds is 4. The monoisotopic (exact) mass is 820 g/mol. The summed E-state index contributed by atoms with van der Waals surface area (Å²) in [4.78, 5) is 11.1. The Balaban J connectivity index is 1.00. The molecule has 4 fully saturated rings. The lowest BCUT2D eigenvalue weighted by Crippen LogP contribution is -2.63. The zero-order valence-electron chi connectivity index (χ0n) is 33.3. The summed E-state index contributed by atoms with van der Waals surface area (Å²) in [5, 5.41) is 0. The molecule has 0 amide bonds. The van der Waals surface area contributed by atoms with Crippen molar-refractivity contribution in [1.82, 2.24) is 0 Å². The Bertz CT molecular complexity index is 2600. The maximum absolute atomic E-state index is 2.67. The van der Waals surface area contributed by atoms with Crippen molar-refractivity contribution < 1.29 is 0 Å². The van der Waals surface area contributed by atoms with Gasteiger partial charge in [0.1, 0.15) is 0 Å². The van der Waals surface area contributed by atoms with E-state index in [9.17, 15) is 0 Å². The van der Waals surface area contributed by atoms with E-state index in [-0.39, 0.29) is 10.8 Å². The van der Waals surface area contributed by atoms with Crippen LogP contribution in [-0.2, 0) is 10.8 Å². The number of aryl methyl sites for hydroxylation is 4. The molecule has 0 unspecified atom stereocenters. The molecule has 0 saturated heterocycles. The van der Waals surface area contributed by atoms with E-state index in [1.165, 1.54) is 109 Å². The van der Waals surface area contributed by atoms with E-state index >= 15 is 0 Å². The molecule has 0 aliphatic heterocycles. The van der Waals surface area contributed by atoms with Crippen molar-refractivity contribution in [1.29, 1.82) is 0 Å². The summed E-state index contributed by atoms with van der Waals surface area (Å²) in [7, 11) is 0. The fourth-order valence-corrected chi connectivity index (χ4v) is 16.9. The predicted octanol–water partition coefficient (Wildman–Crippen LogP) is 16.1. The van der Waals surface area contributed by atoms with Crippen LogP contribution in [0.3, 0.4) is 0 Å². The fraction of sp³-hybridized carbons (Fsp3) is 0.259. The highest BCUT2D eigenvalue weighted by molar-refractivity contribution is 7.16.